The zero-order chi connectivity index (χ0) is 18.4. The molecule has 0 saturated carbocycles. The molecule has 8 heteroatoms. The molecule has 0 unspecified atom stereocenters. The Balaban J connectivity index is 1.49. The average molecular weight is 377 g/mol. The summed E-state index contributed by atoms with van der Waals surface area (Å²) in [5, 5.41) is 0.645. The molecule has 0 radical (unpaired) electrons. The number of aromatic nitrogens is 1. The lowest BCUT2D eigenvalue weighted by molar-refractivity contribution is 0.0745. The third-order valence-corrected chi connectivity index (χ3v) is 5.57. The molecule has 2 aromatic heterocycles. The van der Waals surface area contributed by atoms with Crippen LogP contribution < -0.4 is 4.90 Å². The van der Waals surface area contributed by atoms with Gasteiger partial charge >= 0.3 is 0 Å². The molecule has 0 spiro atoms. The minimum absolute atomic E-state index is 0.0450. The van der Waals surface area contributed by atoms with E-state index in [1.165, 1.54) is 17.4 Å². The Morgan fingerprint density at radius 1 is 1.15 bits per heavy atom. The monoisotopic (exact) mass is 377 g/mol. The van der Waals surface area contributed by atoms with Crippen LogP contribution in [0.3, 0.4) is 0 Å². The van der Waals surface area contributed by atoms with Gasteiger partial charge in [0.15, 0.2) is 10.9 Å². The van der Waals surface area contributed by atoms with E-state index in [0.29, 0.717) is 53.1 Å². The first-order valence-corrected chi connectivity index (χ1v) is 9.11. The van der Waals surface area contributed by atoms with Gasteiger partial charge in [0.2, 0.25) is 0 Å². The van der Waals surface area contributed by atoms with Crippen LogP contribution in [0.5, 0.6) is 0 Å². The van der Waals surface area contributed by atoms with Crippen LogP contribution >= 0.6 is 11.3 Å². The number of hydrogen-bond donors (Lipinski definition) is 0. The maximum absolute atomic E-state index is 13.8. The highest BCUT2D eigenvalue weighted by molar-refractivity contribution is 7.22. The Bertz CT molecular complexity index is 990. The summed E-state index contributed by atoms with van der Waals surface area (Å²) in [6.45, 7) is 5.85. The number of hydrogen-bond acceptors (Lipinski definition) is 5. The van der Waals surface area contributed by atoms with Gasteiger partial charge in [-0.2, -0.15) is 0 Å². The Morgan fingerprint density at radius 3 is 2.54 bits per heavy atom. The minimum atomic E-state index is -0.651. The number of nitrogens with zero attached hydrogens (tertiary/aromatic N) is 3. The second-order valence-corrected chi connectivity index (χ2v) is 7.35. The fraction of sp³-hybridized carbons (Fsp3) is 0.333. The molecule has 0 bridgehead atoms. The van der Waals surface area contributed by atoms with Gasteiger partial charge in [-0.3, -0.25) is 4.79 Å². The minimum Gasteiger partial charge on any atom is -0.466 e. The Labute approximate surface area is 152 Å². The molecule has 136 valence electrons. The third-order valence-electron chi connectivity index (χ3n) is 4.51. The standard InChI is InChI=1S/C18H17F2N3O2S/c1-10-7-13(11(2)25-10)17(24)22-3-5-23(6-4-22)18-21-16-14(20)8-12(19)9-15(16)26-18/h7-9H,3-6H2,1-2H3. The summed E-state index contributed by atoms with van der Waals surface area (Å²) >= 11 is 1.26. The fourth-order valence-corrected chi connectivity index (χ4v) is 4.25. The first kappa shape index (κ1) is 17.0. The number of fused-ring (bicyclic) bond motifs is 1. The number of benzene rings is 1. The summed E-state index contributed by atoms with van der Waals surface area (Å²) in [6.07, 6.45) is 0. The molecule has 26 heavy (non-hydrogen) atoms. The molecular formula is C18H17F2N3O2S. The van der Waals surface area contributed by atoms with Gasteiger partial charge in [0, 0.05) is 32.2 Å². The van der Waals surface area contributed by atoms with E-state index in [0.717, 1.165) is 6.07 Å². The topological polar surface area (TPSA) is 49.6 Å². The second-order valence-electron chi connectivity index (χ2n) is 6.34. The Morgan fingerprint density at radius 2 is 1.88 bits per heavy atom. The van der Waals surface area contributed by atoms with Crippen molar-refractivity contribution in [2.75, 3.05) is 31.1 Å². The van der Waals surface area contributed by atoms with Crippen LogP contribution in [0.25, 0.3) is 10.2 Å². The van der Waals surface area contributed by atoms with Crippen molar-refractivity contribution in [3.63, 3.8) is 0 Å². The van der Waals surface area contributed by atoms with E-state index in [9.17, 15) is 13.6 Å². The smallest absolute Gasteiger partial charge is 0.257 e. The highest BCUT2D eigenvalue weighted by Crippen LogP contribution is 2.31. The maximum atomic E-state index is 13.8. The van der Waals surface area contributed by atoms with Crippen molar-refractivity contribution in [2.45, 2.75) is 13.8 Å². The molecule has 1 saturated heterocycles. The van der Waals surface area contributed by atoms with Crippen molar-refractivity contribution in [3.05, 3.63) is 46.9 Å². The molecule has 1 amide bonds. The van der Waals surface area contributed by atoms with Crippen LogP contribution in [0.15, 0.2) is 22.6 Å². The van der Waals surface area contributed by atoms with E-state index in [2.05, 4.69) is 4.98 Å². The molecule has 4 rings (SSSR count). The highest BCUT2D eigenvalue weighted by atomic mass is 32.1. The summed E-state index contributed by atoms with van der Waals surface area (Å²) in [5.41, 5.74) is 0.780. The van der Waals surface area contributed by atoms with Gasteiger partial charge in [0.05, 0.1) is 10.3 Å². The quantitative estimate of drug-likeness (QED) is 0.683. The molecule has 3 heterocycles. The van der Waals surface area contributed by atoms with Crippen LogP contribution in [0.1, 0.15) is 21.9 Å². The van der Waals surface area contributed by atoms with Gasteiger partial charge in [-0.05, 0) is 26.0 Å². The SMILES string of the molecule is Cc1cc(C(=O)N2CCN(c3nc4c(F)cc(F)cc4s3)CC2)c(C)o1. The van der Waals surface area contributed by atoms with Gasteiger partial charge in [-0.1, -0.05) is 11.3 Å². The van der Waals surface area contributed by atoms with E-state index < -0.39 is 11.6 Å². The summed E-state index contributed by atoms with van der Waals surface area (Å²) in [6, 6.07) is 3.90. The van der Waals surface area contributed by atoms with Crippen molar-refractivity contribution >= 4 is 32.6 Å². The predicted octanol–water partition coefficient (Wildman–Crippen LogP) is 3.75. The number of halogens is 2. The fourth-order valence-electron chi connectivity index (χ4n) is 3.20. The first-order valence-electron chi connectivity index (χ1n) is 8.29. The van der Waals surface area contributed by atoms with Crippen molar-refractivity contribution in [3.8, 4) is 0 Å². The molecule has 1 aliphatic rings. The summed E-state index contributed by atoms with van der Waals surface area (Å²) in [7, 11) is 0. The van der Waals surface area contributed by atoms with E-state index >= 15 is 0 Å². The summed E-state index contributed by atoms with van der Waals surface area (Å²) in [4.78, 5) is 20.7. The van der Waals surface area contributed by atoms with E-state index in [1.807, 2.05) is 11.8 Å². The normalized spacial score (nSPS) is 15.1. The largest absolute Gasteiger partial charge is 0.466 e. The molecule has 1 aromatic carbocycles. The summed E-state index contributed by atoms with van der Waals surface area (Å²) in [5.74, 6) is 0.0387. The number of carbonyl (C=O) groups is 1. The Kier molecular flexibility index (Phi) is 4.14. The molecule has 0 N–H and O–H groups in total. The third kappa shape index (κ3) is 2.94. The molecule has 3 aromatic rings. The zero-order valence-corrected chi connectivity index (χ0v) is 15.2. The van der Waals surface area contributed by atoms with Crippen molar-refractivity contribution in [2.24, 2.45) is 0 Å². The molecule has 1 aliphatic heterocycles. The number of aryl methyl sites for hydroxylation is 2. The zero-order valence-electron chi connectivity index (χ0n) is 14.4. The maximum Gasteiger partial charge on any atom is 0.257 e. The number of furan rings is 1. The highest BCUT2D eigenvalue weighted by Gasteiger charge is 2.26. The van der Waals surface area contributed by atoms with E-state index in [1.54, 1.807) is 17.9 Å². The molecule has 0 aliphatic carbocycles. The molecule has 1 fully saturated rings. The number of thiazole rings is 1. The van der Waals surface area contributed by atoms with Crippen molar-refractivity contribution in [1.29, 1.82) is 0 Å². The van der Waals surface area contributed by atoms with Gasteiger partial charge < -0.3 is 14.2 Å². The number of piperazine rings is 1. The van der Waals surface area contributed by atoms with Crippen LogP contribution in [-0.4, -0.2) is 42.0 Å². The van der Waals surface area contributed by atoms with Crippen molar-refractivity contribution < 1.29 is 18.0 Å². The van der Waals surface area contributed by atoms with Crippen LogP contribution in [0.4, 0.5) is 13.9 Å². The van der Waals surface area contributed by atoms with Crippen molar-refractivity contribution in [1.82, 2.24) is 9.88 Å². The number of carbonyl (C=O) groups excluding carboxylic acids is 1. The number of anilines is 1. The van der Waals surface area contributed by atoms with Crippen LogP contribution in [0.2, 0.25) is 0 Å². The van der Waals surface area contributed by atoms with E-state index in [-0.39, 0.29) is 11.4 Å². The first-order chi connectivity index (χ1) is 12.4. The average Bonchev–Trinajstić information content (AvgIpc) is 3.17. The van der Waals surface area contributed by atoms with Crippen LogP contribution in [-0.2, 0) is 0 Å². The van der Waals surface area contributed by atoms with Crippen LogP contribution in [0, 0.1) is 25.5 Å². The lowest BCUT2D eigenvalue weighted by Gasteiger charge is -2.34. The van der Waals surface area contributed by atoms with Gasteiger partial charge in [-0.25, -0.2) is 13.8 Å². The Hall–Kier alpha value is -2.48. The van der Waals surface area contributed by atoms with Gasteiger partial charge in [0.25, 0.3) is 5.91 Å². The van der Waals surface area contributed by atoms with Gasteiger partial charge in [0.1, 0.15) is 22.9 Å². The summed E-state index contributed by atoms with van der Waals surface area (Å²) < 4.78 is 33.1. The predicted molar refractivity (Wildman–Crippen MR) is 95.8 cm³/mol. The lowest BCUT2D eigenvalue weighted by atomic mass is 10.2. The molecule has 5 nitrogen and oxygen atoms in total. The number of rotatable bonds is 2. The number of amides is 1. The molecule has 0 atom stereocenters. The van der Waals surface area contributed by atoms with E-state index in [4.69, 9.17) is 4.42 Å². The van der Waals surface area contributed by atoms with Gasteiger partial charge in [-0.15, -0.1) is 0 Å². The molecular weight excluding hydrogens is 360 g/mol. The lowest BCUT2D eigenvalue weighted by Crippen LogP contribution is -2.48. The second kappa shape index (κ2) is 6.35.